The maximum atomic E-state index is 5.57. The summed E-state index contributed by atoms with van der Waals surface area (Å²) in [6.45, 7) is 5.02. The number of nitrogens with one attached hydrogen (secondary N) is 1. The molecule has 0 saturated heterocycles. The van der Waals surface area contributed by atoms with Crippen LogP contribution in [-0.2, 0) is 11.3 Å². The number of hydrogen-bond donors (Lipinski definition) is 1. The minimum Gasteiger partial charge on any atom is -0.478 e. The zero-order valence-electron chi connectivity index (χ0n) is 13.0. The van der Waals surface area contributed by atoms with Crippen LogP contribution in [0.15, 0.2) is 6.07 Å². The second-order valence-corrected chi connectivity index (χ2v) is 4.87. The number of nitrogens with zero attached hydrogens (tertiary/aromatic N) is 3. The SMILES string of the molecule is CCCOc1cc(NCCCN(C)C)nc(COC)n1. The van der Waals surface area contributed by atoms with Crippen molar-refractivity contribution in [3.05, 3.63) is 11.9 Å². The van der Waals surface area contributed by atoms with Gasteiger partial charge in [-0.15, -0.1) is 0 Å². The summed E-state index contributed by atoms with van der Waals surface area (Å²) in [4.78, 5) is 10.9. The molecular weight excluding hydrogens is 256 g/mol. The summed E-state index contributed by atoms with van der Waals surface area (Å²) < 4.78 is 10.7. The van der Waals surface area contributed by atoms with E-state index < -0.39 is 0 Å². The smallest absolute Gasteiger partial charge is 0.218 e. The summed E-state index contributed by atoms with van der Waals surface area (Å²) in [5.41, 5.74) is 0. The third kappa shape index (κ3) is 6.68. The lowest BCUT2D eigenvalue weighted by Crippen LogP contribution is -2.17. The molecule has 1 rings (SSSR count). The average Bonchev–Trinajstić information content (AvgIpc) is 2.41. The first-order valence-corrected chi connectivity index (χ1v) is 7.04. The third-order valence-electron chi connectivity index (χ3n) is 2.56. The molecule has 0 aliphatic heterocycles. The molecule has 0 amide bonds. The van der Waals surface area contributed by atoms with E-state index in [1.165, 1.54) is 0 Å². The van der Waals surface area contributed by atoms with Crippen LogP contribution in [0.2, 0.25) is 0 Å². The summed E-state index contributed by atoms with van der Waals surface area (Å²) >= 11 is 0. The summed E-state index contributed by atoms with van der Waals surface area (Å²) in [7, 11) is 5.77. The first kappa shape index (κ1) is 16.7. The number of ether oxygens (including phenoxy) is 2. The lowest BCUT2D eigenvalue weighted by molar-refractivity contribution is 0.176. The Morgan fingerprint density at radius 2 is 2.10 bits per heavy atom. The van der Waals surface area contributed by atoms with Gasteiger partial charge in [-0.3, -0.25) is 0 Å². The summed E-state index contributed by atoms with van der Waals surface area (Å²) in [5.74, 6) is 2.03. The van der Waals surface area contributed by atoms with Gasteiger partial charge in [0, 0.05) is 19.7 Å². The van der Waals surface area contributed by atoms with E-state index >= 15 is 0 Å². The summed E-state index contributed by atoms with van der Waals surface area (Å²) in [6.07, 6.45) is 2.01. The molecular formula is C14H26N4O2. The standard InChI is InChI=1S/C14H26N4O2/c1-5-9-20-14-10-12(15-7-6-8-18(2)3)16-13(17-14)11-19-4/h10H,5-9,11H2,1-4H3,(H,15,16,17). The minimum atomic E-state index is 0.385. The molecule has 0 fully saturated rings. The van der Waals surface area contributed by atoms with E-state index in [1.54, 1.807) is 7.11 Å². The molecule has 0 spiro atoms. The molecule has 114 valence electrons. The van der Waals surface area contributed by atoms with Crippen LogP contribution in [0.4, 0.5) is 5.82 Å². The highest BCUT2D eigenvalue weighted by Crippen LogP contribution is 2.14. The average molecular weight is 282 g/mol. The molecule has 0 aromatic carbocycles. The molecule has 0 radical (unpaired) electrons. The summed E-state index contributed by atoms with van der Waals surface area (Å²) in [6, 6.07) is 1.84. The predicted molar refractivity (Wildman–Crippen MR) is 80.2 cm³/mol. The van der Waals surface area contributed by atoms with Crippen molar-refractivity contribution >= 4 is 5.82 Å². The number of aromatic nitrogens is 2. The highest BCUT2D eigenvalue weighted by Gasteiger charge is 2.05. The van der Waals surface area contributed by atoms with E-state index in [-0.39, 0.29) is 0 Å². The van der Waals surface area contributed by atoms with Gasteiger partial charge in [0.05, 0.1) is 6.61 Å². The van der Waals surface area contributed by atoms with Gasteiger partial charge in [-0.1, -0.05) is 6.92 Å². The van der Waals surface area contributed by atoms with Gasteiger partial charge < -0.3 is 19.7 Å². The molecule has 1 aromatic heterocycles. The van der Waals surface area contributed by atoms with Crippen LogP contribution in [0.1, 0.15) is 25.6 Å². The highest BCUT2D eigenvalue weighted by molar-refractivity contribution is 5.38. The van der Waals surface area contributed by atoms with Crippen LogP contribution in [0.5, 0.6) is 5.88 Å². The van der Waals surface area contributed by atoms with Crippen molar-refractivity contribution in [3.8, 4) is 5.88 Å². The van der Waals surface area contributed by atoms with E-state index in [0.717, 1.165) is 31.7 Å². The maximum absolute atomic E-state index is 5.57. The molecule has 0 saturated carbocycles. The zero-order chi connectivity index (χ0) is 14.8. The van der Waals surface area contributed by atoms with Crippen LogP contribution in [-0.4, -0.2) is 55.8 Å². The van der Waals surface area contributed by atoms with Crippen molar-refractivity contribution in [3.63, 3.8) is 0 Å². The van der Waals surface area contributed by atoms with E-state index in [1.807, 2.05) is 6.07 Å². The molecule has 1 aromatic rings. The Bertz CT molecular complexity index is 385. The fourth-order valence-corrected chi connectivity index (χ4v) is 1.65. The lowest BCUT2D eigenvalue weighted by Gasteiger charge is -2.12. The van der Waals surface area contributed by atoms with Crippen molar-refractivity contribution in [2.24, 2.45) is 0 Å². The van der Waals surface area contributed by atoms with Gasteiger partial charge in [0.25, 0.3) is 0 Å². The predicted octanol–water partition coefficient (Wildman–Crippen LogP) is 1.78. The van der Waals surface area contributed by atoms with Crippen molar-refractivity contribution < 1.29 is 9.47 Å². The number of methoxy groups -OCH3 is 1. The summed E-state index contributed by atoms with van der Waals surface area (Å²) in [5, 5.41) is 3.30. The Balaban J connectivity index is 2.60. The van der Waals surface area contributed by atoms with Crippen molar-refractivity contribution in [1.29, 1.82) is 0 Å². The number of anilines is 1. The van der Waals surface area contributed by atoms with Gasteiger partial charge >= 0.3 is 0 Å². The Hall–Kier alpha value is -1.40. The number of hydrogen-bond acceptors (Lipinski definition) is 6. The van der Waals surface area contributed by atoms with Gasteiger partial charge in [-0.05, 0) is 33.5 Å². The van der Waals surface area contributed by atoms with Gasteiger partial charge in [0.2, 0.25) is 5.88 Å². The second kappa shape index (κ2) is 9.50. The van der Waals surface area contributed by atoms with Crippen LogP contribution in [0, 0.1) is 0 Å². The zero-order valence-corrected chi connectivity index (χ0v) is 13.0. The van der Waals surface area contributed by atoms with E-state index in [4.69, 9.17) is 9.47 Å². The topological polar surface area (TPSA) is 59.5 Å². The van der Waals surface area contributed by atoms with Crippen LogP contribution in [0.3, 0.4) is 0 Å². The fourth-order valence-electron chi connectivity index (χ4n) is 1.65. The third-order valence-corrected chi connectivity index (χ3v) is 2.56. The molecule has 0 bridgehead atoms. The van der Waals surface area contributed by atoms with Crippen molar-refractivity contribution in [1.82, 2.24) is 14.9 Å². The maximum Gasteiger partial charge on any atom is 0.218 e. The Labute approximate surface area is 121 Å². The second-order valence-electron chi connectivity index (χ2n) is 4.87. The first-order chi connectivity index (χ1) is 9.65. The molecule has 0 atom stereocenters. The Kier molecular flexibility index (Phi) is 7.91. The first-order valence-electron chi connectivity index (χ1n) is 7.04. The molecule has 1 heterocycles. The number of rotatable bonds is 10. The fraction of sp³-hybridized carbons (Fsp3) is 0.714. The van der Waals surface area contributed by atoms with Gasteiger partial charge in [0.1, 0.15) is 12.4 Å². The van der Waals surface area contributed by atoms with Crippen LogP contribution < -0.4 is 10.1 Å². The monoisotopic (exact) mass is 282 g/mol. The van der Waals surface area contributed by atoms with Crippen molar-refractivity contribution in [2.75, 3.05) is 46.2 Å². The highest BCUT2D eigenvalue weighted by atomic mass is 16.5. The minimum absolute atomic E-state index is 0.385. The van der Waals surface area contributed by atoms with Gasteiger partial charge in [-0.2, -0.15) is 4.98 Å². The largest absolute Gasteiger partial charge is 0.478 e. The van der Waals surface area contributed by atoms with Gasteiger partial charge in [-0.25, -0.2) is 4.98 Å². The Morgan fingerprint density at radius 3 is 2.75 bits per heavy atom. The normalized spacial score (nSPS) is 10.8. The lowest BCUT2D eigenvalue weighted by atomic mass is 10.4. The Morgan fingerprint density at radius 1 is 1.30 bits per heavy atom. The van der Waals surface area contributed by atoms with Crippen LogP contribution >= 0.6 is 0 Å². The van der Waals surface area contributed by atoms with Gasteiger partial charge in [0.15, 0.2) is 5.82 Å². The molecule has 6 nitrogen and oxygen atoms in total. The molecule has 20 heavy (non-hydrogen) atoms. The molecule has 0 aliphatic carbocycles. The van der Waals surface area contributed by atoms with Crippen molar-refractivity contribution in [2.45, 2.75) is 26.4 Å². The van der Waals surface area contributed by atoms with Crippen LogP contribution in [0.25, 0.3) is 0 Å². The molecule has 0 aliphatic rings. The molecule has 0 unspecified atom stereocenters. The van der Waals surface area contributed by atoms with E-state index in [2.05, 4.69) is 41.2 Å². The molecule has 1 N–H and O–H groups in total. The molecule has 6 heteroatoms. The quantitative estimate of drug-likeness (QED) is 0.660. The van der Waals surface area contributed by atoms with E-state index in [0.29, 0.717) is 24.9 Å². The van der Waals surface area contributed by atoms with E-state index in [9.17, 15) is 0 Å².